The highest BCUT2D eigenvalue weighted by Gasteiger charge is 2.59. The quantitative estimate of drug-likeness (QED) is 0.449. The molecule has 1 radical (unpaired) electrons. The monoisotopic (exact) mass is 445 g/mol. The minimum atomic E-state index is -0.787. The fourth-order valence-electron chi connectivity index (χ4n) is 5.97. The maximum Gasteiger partial charge on any atom is 0.302 e. The number of fused-ring (bicyclic) bond motifs is 1. The van der Waals surface area contributed by atoms with Gasteiger partial charge in [0.05, 0.1) is 18.8 Å². The number of hydrogen-bond donors (Lipinski definition) is 1. The lowest BCUT2D eigenvalue weighted by atomic mass is 9.59. The summed E-state index contributed by atoms with van der Waals surface area (Å²) in [7, 11) is -0.787. The van der Waals surface area contributed by atoms with Crippen molar-refractivity contribution in [3.63, 3.8) is 0 Å². The molecule has 4 nitrogen and oxygen atoms in total. The molecule has 173 valence electrons. The molecular formula is C26H41O4Si. The first-order valence-electron chi connectivity index (χ1n) is 11.8. The van der Waals surface area contributed by atoms with Gasteiger partial charge in [-0.05, 0) is 73.2 Å². The Balaban J connectivity index is 1.89. The number of carbonyl (C=O) groups is 1. The highest BCUT2D eigenvalue weighted by Crippen LogP contribution is 2.61. The van der Waals surface area contributed by atoms with E-state index < -0.39 is 14.6 Å². The lowest BCUT2D eigenvalue weighted by molar-refractivity contribution is -0.148. The van der Waals surface area contributed by atoms with Crippen molar-refractivity contribution < 1.29 is 19.1 Å². The summed E-state index contributed by atoms with van der Waals surface area (Å²) in [5, 5.41) is 11.8. The number of ether oxygens (including phenoxy) is 1. The molecule has 0 aliphatic heterocycles. The number of carbonyl (C=O) groups excluding carboxylic acids is 1. The van der Waals surface area contributed by atoms with E-state index in [-0.39, 0.29) is 22.7 Å². The lowest BCUT2D eigenvalue weighted by Gasteiger charge is -2.49. The first-order valence-corrected chi connectivity index (χ1v) is 14.2. The van der Waals surface area contributed by atoms with Gasteiger partial charge >= 0.3 is 5.97 Å². The average molecular weight is 446 g/mol. The van der Waals surface area contributed by atoms with Crippen LogP contribution >= 0.6 is 0 Å². The summed E-state index contributed by atoms with van der Waals surface area (Å²) >= 11 is 0. The Morgan fingerprint density at radius 2 is 1.94 bits per heavy atom. The molecular weight excluding hydrogens is 404 g/mol. The highest BCUT2D eigenvalue weighted by atomic mass is 28.3. The van der Waals surface area contributed by atoms with Crippen molar-refractivity contribution in [2.75, 3.05) is 6.61 Å². The van der Waals surface area contributed by atoms with Crippen LogP contribution in [0.15, 0.2) is 18.2 Å². The van der Waals surface area contributed by atoms with Gasteiger partial charge in [0, 0.05) is 18.3 Å². The summed E-state index contributed by atoms with van der Waals surface area (Å²) in [6, 6.07) is 6.68. The zero-order valence-corrected chi connectivity index (χ0v) is 21.5. The molecule has 0 bridgehead atoms. The molecule has 4 atom stereocenters. The largest absolute Gasteiger partial charge is 0.466 e. The zero-order valence-electron chi connectivity index (χ0n) is 20.5. The minimum Gasteiger partial charge on any atom is -0.466 e. The Hall–Kier alpha value is -1.17. The fourth-order valence-corrected chi connectivity index (χ4v) is 6.40. The first-order chi connectivity index (χ1) is 14.4. The van der Waals surface area contributed by atoms with Crippen LogP contribution in [0.3, 0.4) is 0 Å². The molecule has 0 spiro atoms. The van der Waals surface area contributed by atoms with Gasteiger partial charge in [-0.3, -0.25) is 4.79 Å². The number of aliphatic hydroxyl groups is 1. The number of rotatable bonds is 6. The van der Waals surface area contributed by atoms with E-state index in [0.717, 1.165) is 32.1 Å². The van der Waals surface area contributed by atoms with E-state index in [1.54, 1.807) is 0 Å². The molecule has 3 rings (SSSR count). The number of esters is 1. The molecule has 2 aliphatic carbocycles. The van der Waals surface area contributed by atoms with Crippen LogP contribution in [-0.4, -0.2) is 32.3 Å². The maximum absolute atomic E-state index is 11.8. The van der Waals surface area contributed by atoms with Gasteiger partial charge in [-0.15, -0.1) is 0 Å². The van der Waals surface area contributed by atoms with E-state index in [1.165, 1.54) is 23.6 Å². The van der Waals surface area contributed by atoms with Crippen LogP contribution < -0.4 is 0 Å². The van der Waals surface area contributed by atoms with E-state index in [9.17, 15) is 9.90 Å². The molecule has 1 aromatic rings. The van der Waals surface area contributed by atoms with E-state index in [4.69, 9.17) is 9.16 Å². The maximum atomic E-state index is 11.8. The molecule has 2 aliphatic rings. The molecule has 2 fully saturated rings. The van der Waals surface area contributed by atoms with Crippen LogP contribution in [0.2, 0.25) is 13.1 Å². The minimum absolute atomic E-state index is 0.0473. The molecule has 0 saturated heterocycles. The average Bonchev–Trinajstić information content (AvgIpc) is 2.93. The summed E-state index contributed by atoms with van der Waals surface area (Å²) in [6.45, 7) is 15.9. The second kappa shape index (κ2) is 8.99. The Morgan fingerprint density at radius 3 is 2.55 bits per heavy atom. The predicted molar refractivity (Wildman–Crippen MR) is 126 cm³/mol. The van der Waals surface area contributed by atoms with Crippen molar-refractivity contribution in [2.24, 2.45) is 11.3 Å². The summed E-state index contributed by atoms with van der Waals surface area (Å²) in [5.41, 5.74) is 3.18. The molecule has 0 unspecified atom stereocenters. The third-order valence-electron chi connectivity index (χ3n) is 7.92. The second-order valence-electron chi connectivity index (χ2n) is 11.2. The zero-order chi connectivity index (χ0) is 23.0. The van der Waals surface area contributed by atoms with Crippen LogP contribution in [-0.2, 0) is 26.0 Å². The van der Waals surface area contributed by atoms with Gasteiger partial charge in [-0.1, -0.05) is 45.9 Å². The second-order valence-corrected chi connectivity index (χ2v) is 13.4. The highest BCUT2D eigenvalue weighted by molar-refractivity contribution is 6.48. The standard InChI is InChI=1S/C26H41O4Si/c1-18(27)29-16-20-12-14-26(28)15-19(11-13-25(20,26)5)21-9-8-10-23(24(2,3)4)22(21)17-30-31(6)7/h8-10,19-20,28H,11-17H2,1-7H3/t19-,20+,25+,26-/m0/s1. The third kappa shape index (κ3) is 4.94. The normalized spacial score (nSPS) is 31.0. The predicted octanol–water partition coefficient (Wildman–Crippen LogP) is 5.73. The van der Waals surface area contributed by atoms with Crippen molar-refractivity contribution in [2.45, 2.75) is 103 Å². The Kier molecular flexibility index (Phi) is 7.10. The van der Waals surface area contributed by atoms with Gasteiger partial charge < -0.3 is 14.3 Å². The van der Waals surface area contributed by atoms with Gasteiger partial charge in [0.2, 0.25) is 9.04 Å². The molecule has 0 amide bonds. The smallest absolute Gasteiger partial charge is 0.302 e. The molecule has 5 heteroatoms. The van der Waals surface area contributed by atoms with E-state index >= 15 is 0 Å². The lowest BCUT2D eigenvalue weighted by Crippen LogP contribution is -2.50. The summed E-state index contributed by atoms with van der Waals surface area (Å²) in [5.74, 6) is 0.330. The molecule has 1 N–H and O–H groups in total. The molecule has 2 saturated carbocycles. The van der Waals surface area contributed by atoms with Crippen LogP contribution in [0.4, 0.5) is 0 Å². The third-order valence-corrected chi connectivity index (χ3v) is 8.64. The molecule has 0 heterocycles. The summed E-state index contributed by atoms with van der Waals surface area (Å²) in [4.78, 5) is 11.3. The van der Waals surface area contributed by atoms with Crippen molar-refractivity contribution in [1.82, 2.24) is 0 Å². The van der Waals surface area contributed by atoms with Crippen molar-refractivity contribution in [3.05, 3.63) is 34.9 Å². The molecule has 31 heavy (non-hydrogen) atoms. The van der Waals surface area contributed by atoms with E-state index in [0.29, 0.717) is 19.1 Å². The van der Waals surface area contributed by atoms with Gasteiger partial charge in [0.15, 0.2) is 0 Å². The van der Waals surface area contributed by atoms with Gasteiger partial charge in [-0.2, -0.15) is 0 Å². The van der Waals surface area contributed by atoms with Crippen LogP contribution in [0, 0.1) is 11.3 Å². The Labute approximate surface area is 190 Å². The van der Waals surface area contributed by atoms with E-state index in [1.807, 2.05) is 0 Å². The number of benzene rings is 1. The van der Waals surface area contributed by atoms with Crippen LogP contribution in [0.1, 0.15) is 89.3 Å². The Bertz CT molecular complexity index is 799. The first kappa shape index (κ1) is 24.5. The van der Waals surface area contributed by atoms with Gasteiger partial charge in [-0.25, -0.2) is 0 Å². The van der Waals surface area contributed by atoms with E-state index in [2.05, 4.69) is 59.0 Å². The van der Waals surface area contributed by atoms with Crippen molar-refractivity contribution >= 4 is 15.0 Å². The van der Waals surface area contributed by atoms with Crippen LogP contribution in [0.5, 0.6) is 0 Å². The molecule has 1 aromatic carbocycles. The Morgan fingerprint density at radius 1 is 1.23 bits per heavy atom. The topological polar surface area (TPSA) is 55.8 Å². The summed E-state index contributed by atoms with van der Waals surface area (Å²) in [6.07, 6.45) is 4.48. The SMILES string of the molecule is CC(=O)OC[C@H]1CC[C@]2(O)C[C@@H](c3cccc(C(C)(C)C)c3CO[Si](C)C)CC[C@]12C. The summed E-state index contributed by atoms with van der Waals surface area (Å²) < 4.78 is 11.5. The molecule has 0 aromatic heterocycles. The fraction of sp³-hybridized carbons (Fsp3) is 0.731. The van der Waals surface area contributed by atoms with Crippen molar-refractivity contribution in [1.29, 1.82) is 0 Å². The van der Waals surface area contributed by atoms with Gasteiger partial charge in [0.1, 0.15) is 0 Å². The van der Waals surface area contributed by atoms with Gasteiger partial charge in [0.25, 0.3) is 0 Å². The number of hydrogen-bond acceptors (Lipinski definition) is 4. The van der Waals surface area contributed by atoms with Crippen molar-refractivity contribution in [3.8, 4) is 0 Å². The van der Waals surface area contributed by atoms with Crippen LogP contribution in [0.25, 0.3) is 0 Å².